The topological polar surface area (TPSA) is 72.2 Å². The van der Waals surface area contributed by atoms with Crippen LogP contribution in [0.3, 0.4) is 0 Å². The summed E-state index contributed by atoms with van der Waals surface area (Å²) in [5.74, 6) is -0.932. The van der Waals surface area contributed by atoms with Crippen molar-refractivity contribution in [1.29, 1.82) is 0 Å². The highest BCUT2D eigenvalue weighted by molar-refractivity contribution is 7.89. The van der Waals surface area contributed by atoms with Gasteiger partial charge in [-0.1, -0.05) is 36.4 Å². The van der Waals surface area contributed by atoms with Gasteiger partial charge in [0.05, 0.1) is 5.69 Å². The maximum Gasteiger partial charge on any atom is 0.244 e. The minimum atomic E-state index is -4.05. The first-order valence-electron chi connectivity index (χ1n) is 6.79. The van der Waals surface area contributed by atoms with Crippen molar-refractivity contribution in [3.05, 3.63) is 48.3 Å². The highest BCUT2D eigenvalue weighted by atomic mass is 32.2. The lowest BCUT2D eigenvalue weighted by Crippen LogP contribution is -2.41. The zero-order valence-electron chi connectivity index (χ0n) is 12.7. The first kappa shape index (κ1) is 16.5. The van der Waals surface area contributed by atoms with Gasteiger partial charge in [-0.05, 0) is 32.4 Å². The summed E-state index contributed by atoms with van der Waals surface area (Å²) in [5, 5.41) is 0. The van der Waals surface area contributed by atoms with E-state index in [4.69, 9.17) is 5.73 Å². The Labute approximate surface area is 130 Å². The Morgan fingerprint density at radius 3 is 2.18 bits per heavy atom. The molecule has 2 aromatic carbocycles. The standard InChI is InChI=1S/C16H19FN2O2S/c1-16(2,3)19-22(20,21)15-12(9-10-13(18)14(15)17)11-7-5-4-6-8-11/h4-10,19H,18H2,1-3H3. The van der Waals surface area contributed by atoms with Gasteiger partial charge in [0.1, 0.15) is 4.90 Å². The van der Waals surface area contributed by atoms with Gasteiger partial charge in [-0.15, -0.1) is 0 Å². The lowest BCUT2D eigenvalue weighted by atomic mass is 10.1. The van der Waals surface area contributed by atoms with E-state index in [9.17, 15) is 12.8 Å². The predicted molar refractivity (Wildman–Crippen MR) is 86.3 cm³/mol. The van der Waals surface area contributed by atoms with Gasteiger partial charge in [-0.25, -0.2) is 17.5 Å². The van der Waals surface area contributed by atoms with E-state index in [0.29, 0.717) is 5.56 Å². The van der Waals surface area contributed by atoms with Crippen LogP contribution >= 0.6 is 0 Å². The molecule has 0 heterocycles. The van der Waals surface area contributed by atoms with Gasteiger partial charge in [0.2, 0.25) is 10.0 Å². The Balaban J connectivity index is 2.72. The van der Waals surface area contributed by atoms with E-state index in [1.165, 1.54) is 12.1 Å². The van der Waals surface area contributed by atoms with Gasteiger partial charge >= 0.3 is 0 Å². The Kier molecular flexibility index (Phi) is 4.26. The highest BCUT2D eigenvalue weighted by Gasteiger charge is 2.29. The van der Waals surface area contributed by atoms with Gasteiger partial charge in [-0.3, -0.25) is 0 Å². The van der Waals surface area contributed by atoms with Crippen LogP contribution in [0, 0.1) is 5.82 Å². The van der Waals surface area contributed by atoms with Crippen molar-refractivity contribution in [3.63, 3.8) is 0 Å². The van der Waals surface area contributed by atoms with Crippen molar-refractivity contribution in [3.8, 4) is 11.1 Å². The molecule has 0 saturated heterocycles. The molecule has 0 unspecified atom stereocenters. The Hall–Kier alpha value is -1.92. The van der Waals surface area contributed by atoms with Crippen LogP contribution < -0.4 is 10.5 Å². The van der Waals surface area contributed by atoms with Crippen LogP contribution in [-0.2, 0) is 10.0 Å². The molecule has 6 heteroatoms. The molecule has 2 aromatic rings. The minimum Gasteiger partial charge on any atom is -0.396 e. The summed E-state index contributed by atoms with van der Waals surface area (Å²) in [4.78, 5) is -0.423. The SMILES string of the molecule is CC(C)(C)NS(=O)(=O)c1c(-c2ccccc2)ccc(N)c1F. The molecule has 0 fully saturated rings. The van der Waals surface area contributed by atoms with Crippen molar-refractivity contribution < 1.29 is 12.8 Å². The summed E-state index contributed by atoms with van der Waals surface area (Å²) in [6.45, 7) is 5.07. The Bertz CT molecular complexity index is 782. The molecule has 0 aliphatic carbocycles. The first-order chi connectivity index (χ1) is 10.1. The molecule has 0 bridgehead atoms. The van der Waals surface area contributed by atoms with E-state index in [-0.39, 0.29) is 11.3 Å². The summed E-state index contributed by atoms with van der Waals surface area (Å²) in [5.41, 5.74) is 5.52. The summed E-state index contributed by atoms with van der Waals surface area (Å²) in [6, 6.07) is 11.7. The van der Waals surface area contributed by atoms with E-state index in [0.717, 1.165) is 0 Å². The predicted octanol–water partition coefficient (Wildman–Crippen LogP) is 3.15. The van der Waals surface area contributed by atoms with E-state index < -0.39 is 26.3 Å². The number of halogens is 1. The molecular formula is C16H19FN2O2S. The summed E-state index contributed by atoms with van der Waals surface area (Å²) in [6.07, 6.45) is 0. The lowest BCUT2D eigenvalue weighted by Gasteiger charge is -2.22. The Morgan fingerprint density at radius 2 is 1.64 bits per heavy atom. The van der Waals surface area contributed by atoms with Crippen LogP contribution in [0.15, 0.2) is 47.4 Å². The van der Waals surface area contributed by atoms with Gasteiger partial charge in [0, 0.05) is 11.1 Å². The van der Waals surface area contributed by atoms with Crippen molar-refractivity contribution in [1.82, 2.24) is 4.72 Å². The quantitative estimate of drug-likeness (QED) is 0.853. The molecule has 0 atom stereocenters. The second kappa shape index (κ2) is 5.70. The normalized spacial score (nSPS) is 12.4. The largest absolute Gasteiger partial charge is 0.396 e. The fourth-order valence-corrected chi connectivity index (χ4v) is 3.87. The second-order valence-electron chi connectivity index (χ2n) is 6.07. The average Bonchev–Trinajstić information content (AvgIpc) is 2.39. The minimum absolute atomic E-state index is 0.200. The molecule has 0 aliphatic heterocycles. The number of nitrogen functional groups attached to an aromatic ring is 1. The lowest BCUT2D eigenvalue weighted by molar-refractivity contribution is 0.487. The van der Waals surface area contributed by atoms with Crippen LogP contribution in [0.4, 0.5) is 10.1 Å². The van der Waals surface area contributed by atoms with Crippen LogP contribution in [0.5, 0.6) is 0 Å². The number of rotatable bonds is 3. The number of hydrogen-bond acceptors (Lipinski definition) is 3. The summed E-state index contributed by atoms with van der Waals surface area (Å²) in [7, 11) is -4.05. The molecule has 0 spiro atoms. The van der Waals surface area contributed by atoms with Gasteiger partial charge in [0.15, 0.2) is 5.82 Å². The number of benzene rings is 2. The van der Waals surface area contributed by atoms with Gasteiger partial charge < -0.3 is 5.73 Å². The van der Waals surface area contributed by atoms with E-state index in [2.05, 4.69) is 4.72 Å². The molecule has 4 nitrogen and oxygen atoms in total. The van der Waals surface area contributed by atoms with Crippen LogP contribution in [0.2, 0.25) is 0 Å². The zero-order valence-corrected chi connectivity index (χ0v) is 13.5. The van der Waals surface area contributed by atoms with E-state index in [1.54, 1.807) is 51.1 Å². The van der Waals surface area contributed by atoms with Crippen LogP contribution in [0.25, 0.3) is 11.1 Å². The third-order valence-electron chi connectivity index (χ3n) is 2.92. The number of anilines is 1. The van der Waals surface area contributed by atoms with Crippen molar-refractivity contribution in [2.75, 3.05) is 5.73 Å². The maximum absolute atomic E-state index is 14.5. The molecular weight excluding hydrogens is 303 g/mol. The van der Waals surface area contributed by atoms with Crippen LogP contribution in [0.1, 0.15) is 20.8 Å². The number of nitrogens with two attached hydrogens (primary N) is 1. The van der Waals surface area contributed by atoms with Crippen molar-refractivity contribution >= 4 is 15.7 Å². The third-order valence-corrected chi connectivity index (χ3v) is 4.74. The van der Waals surface area contributed by atoms with Gasteiger partial charge in [0.25, 0.3) is 0 Å². The Morgan fingerprint density at radius 1 is 1.05 bits per heavy atom. The van der Waals surface area contributed by atoms with Crippen molar-refractivity contribution in [2.24, 2.45) is 0 Å². The smallest absolute Gasteiger partial charge is 0.244 e. The summed E-state index contributed by atoms with van der Waals surface area (Å²) < 4.78 is 42.2. The molecule has 0 amide bonds. The second-order valence-corrected chi connectivity index (χ2v) is 7.69. The molecule has 2 rings (SSSR count). The molecule has 22 heavy (non-hydrogen) atoms. The molecule has 0 saturated carbocycles. The number of sulfonamides is 1. The van der Waals surface area contributed by atoms with Crippen LogP contribution in [-0.4, -0.2) is 14.0 Å². The molecule has 118 valence electrons. The fourth-order valence-electron chi connectivity index (χ4n) is 2.13. The molecule has 0 aliphatic rings. The molecule has 3 N–H and O–H groups in total. The van der Waals surface area contributed by atoms with Crippen molar-refractivity contribution in [2.45, 2.75) is 31.2 Å². The van der Waals surface area contributed by atoms with Gasteiger partial charge in [-0.2, -0.15) is 0 Å². The average molecular weight is 322 g/mol. The molecule has 0 radical (unpaired) electrons. The third kappa shape index (κ3) is 3.45. The summed E-state index contributed by atoms with van der Waals surface area (Å²) >= 11 is 0. The fraction of sp³-hybridized carbons (Fsp3) is 0.250. The first-order valence-corrected chi connectivity index (χ1v) is 8.27. The zero-order chi connectivity index (χ0) is 16.5. The number of nitrogens with one attached hydrogen (secondary N) is 1. The highest BCUT2D eigenvalue weighted by Crippen LogP contribution is 2.32. The molecule has 0 aromatic heterocycles. The number of hydrogen-bond donors (Lipinski definition) is 2. The van der Waals surface area contributed by atoms with E-state index >= 15 is 0 Å². The van der Waals surface area contributed by atoms with E-state index in [1.807, 2.05) is 0 Å². The maximum atomic E-state index is 14.5. The monoisotopic (exact) mass is 322 g/mol.